The summed E-state index contributed by atoms with van der Waals surface area (Å²) in [6.07, 6.45) is 1.62. The minimum atomic E-state index is -0.254. The summed E-state index contributed by atoms with van der Waals surface area (Å²) in [5.74, 6) is 0.923. The molecule has 0 bridgehead atoms. The highest BCUT2D eigenvalue weighted by Gasteiger charge is 2.07. The Hall–Kier alpha value is -2.42. The lowest BCUT2D eigenvalue weighted by Gasteiger charge is -2.10. The van der Waals surface area contributed by atoms with Crippen LogP contribution in [0.4, 0.5) is 4.39 Å². The van der Waals surface area contributed by atoms with Crippen molar-refractivity contribution in [2.45, 2.75) is 20.0 Å². The molecule has 3 rings (SSSR count). The second-order valence-electron chi connectivity index (χ2n) is 5.65. The first kappa shape index (κ1) is 20.9. The van der Waals surface area contributed by atoms with E-state index in [1.165, 1.54) is 6.07 Å². The van der Waals surface area contributed by atoms with E-state index < -0.39 is 0 Å². The third-order valence-corrected chi connectivity index (χ3v) is 3.72. The zero-order valence-corrected chi connectivity index (χ0v) is 17.3. The van der Waals surface area contributed by atoms with E-state index in [1.807, 2.05) is 37.3 Å². The molecule has 0 saturated carbocycles. The van der Waals surface area contributed by atoms with Gasteiger partial charge in [0.25, 0.3) is 0 Å². The molecule has 0 radical (unpaired) electrons. The van der Waals surface area contributed by atoms with Crippen LogP contribution in [0.3, 0.4) is 0 Å². The average Bonchev–Trinajstić information content (AvgIpc) is 3.15. The Kier molecular flexibility index (Phi) is 8.25. The molecule has 0 fully saturated rings. The summed E-state index contributed by atoms with van der Waals surface area (Å²) < 4.78 is 19.2. The largest absolute Gasteiger partial charge is 0.444 e. The maximum Gasteiger partial charge on any atom is 0.226 e. The molecule has 2 aromatic carbocycles. The molecule has 1 heterocycles. The fraction of sp³-hybridized carbons (Fsp3) is 0.200. The molecule has 0 aliphatic heterocycles. The number of aliphatic imine (C=N–C) groups is 1. The summed E-state index contributed by atoms with van der Waals surface area (Å²) in [6.45, 7) is 3.40. The first-order chi connectivity index (χ1) is 12.8. The van der Waals surface area contributed by atoms with Crippen molar-refractivity contribution in [2.75, 3.05) is 6.54 Å². The van der Waals surface area contributed by atoms with E-state index in [0.29, 0.717) is 30.5 Å². The third kappa shape index (κ3) is 6.06. The fourth-order valence-electron chi connectivity index (χ4n) is 2.41. The van der Waals surface area contributed by atoms with Crippen molar-refractivity contribution in [2.24, 2.45) is 4.99 Å². The van der Waals surface area contributed by atoms with Gasteiger partial charge in [-0.15, -0.1) is 24.0 Å². The number of oxazole rings is 1. The van der Waals surface area contributed by atoms with Crippen molar-refractivity contribution < 1.29 is 8.81 Å². The highest BCUT2D eigenvalue weighted by molar-refractivity contribution is 14.0. The van der Waals surface area contributed by atoms with Crippen LogP contribution >= 0.6 is 24.0 Å². The van der Waals surface area contributed by atoms with Crippen molar-refractivity contribution in [1.29, 1.82) is 0 Å². The number of aromatic nitrogens is 1. The Morgan fingerprint density at radius 3 is 2.56 bits per heavy atom. The summed E-state index contributed by atoms with van der Waals surface area (Å²) in [4.78, 5) is 8.89. The van der Waals surface area contributed by atoms with Gasteiger partial charge in [-0.25, -0.2) is 14.4 Å². The van der Waals surface area contributed by atoms with E-state index in [0.717, 1.165) is 11.3 Å². The molecule has 0 atom stereocenters. The molecule has 2 N–H and O–H groups in total. The van der Waals surface area contributed by atoms with Crippen LogP contribution < -0.4 is 10.6 Å². The lowest BCUT2D eigenvalue weighted by atomic mass is 10.2. The second-order valence-corrected chi connectivity index (χ2v) is 5.65. The number of rotatable bonds is 6. The quantitative estimate of drug-likeness (QED) is 0.313. The number of guanidine groups is 1. The molecule has 27 heavy (non-hydrogen) atoms. The van der Waals surface area contributed by atoms with Gasteiger partial charge in [-0.2, -0.15) is 0 Å². The molecule has 0 amide bonds. The van der Waals surface area contributed by atoms with Crippen molar-refractivity contribution in [1.82, 2.24) is 15.6 Å². The van der Waals surface area contributed by atoms with Crippen molar-refractivity contribution in [3.63, 3.8) is 0 Å². The highest BCUT2D eigenvalue weighted by atomic mass is 127. The van der Waals surface area contributed by atoms with Gasteiger partial charge in [-0.1, -0.05) is 36.4 Å². The number of nitrogens with one attached hydrogen (secondary N) is 2. The Labute approximate surface area is 175 Å². The molecule has 7 heteroatoms. The molecule has 142 valence electrons. The van der Waals surface area contributed by atoms with E-state index in [1.54, 1.807) is 24.5 Å². The van der Waals surface area contributed by atoms with Gasteiger partial charge >= 0.3 is 0 Å². The normalized spacial score (nSPS) is 11.0. The number of halogens is 2. The van der Waals surface area contributed by atoms with Gasteiger partial charge < -0.3 is 15.1 Å². The number of nitrogens with zero attached hydrogens (tertiary/aromatic N) is 2. The summed E-state index contributed by atoms with van der Waals surface area (Å²) in [7, 11) is 0. The van der Waals surface area contributed by atoms with Gasteiger partial charge in [-0.3, -0.25) is 0 Å². The molecule has 0 aliphatic carbocycles. The van der Waals surface area contributed by atoms with Crippen LogP contribution in [0.2, 0.25) is 0 Å². The fourth-order valence-corrected chi connectivity index (χ4v) is 2.41. The zero-order chi connectivity index (χ0) is 18.2. The Balaban J connectivity index is 0.00000261. The second kappa shape index (κ2) is 10.7. The molecule has 1 aromatic heterocycles. The van der Waals surface area contributed by atoms with Crippen LogP contribution in [0, 0.1) is 5.82 Å². The van der Waals surface area contributed by atoms with Crippen LogP contribution in [0.25, 0.3) is 11.5 Å². The molecule has 0 unspecified atom stereocenters. The van der Waals surface area contributed by atoms with Gasteiger partial charge in [0, 0.05) is 17.7 Å². The van der Waals surface area contributed by atoms with E-state index in [4.69, 9.17) is 4.42 Å². The van der Waals surface area contributed by atoms with E-state index in [9.17, 15) is 4.39 Å². The lowest BCUT2D eigenvalue weighted by molar-refractivity contribution is 0.572. The van der Waals surface area contributed by atoms with Crippen molar-refractivity contribution in [3.05, 3.63) is 77.9 Å². The SMILES string of the molecule is CCNC(=NCc1ccccc1F)NCc1coc(-c2ccccc2)n1.I. The van der Waals surface area contributed by atoms with Gasteiger partial charge in [-0.05, 0) is 25.1 Å². The molecule has 5 nitrogen and oxygen atoms in total. The Morgan fingerprint density at radius 1 is 1.07 bits per heavy atom. The Bertz CT molecular complexity index is 867. The molecule has 3 aromatic rings. The van der Waals surface area contributed by atoms with E-state index >= 15 is 0 Å². The number of hydrogen-bond acceptors (Lipinski definition) is 3. The highest BCUT2D eigenvalue weighted by Crippen LogP contribution is 2.17. The average molecular weight is 480 g/mol. The smallest absolute Gasteiger partial charge is 0.226 e. The van der Waals surface area contributed by atoms with Crippen LogP contribution in [0.5, 0.6) is 0 Å². The zero-order valence-electron chi connectivity index (χ0n) is 15.0. The predicted octanol–water partition coefficient (Wildman–Crippen LogP) is 4.35. The topological polar surface area (TPSA) is 62.5 Å². The predicted molar refractivity (Wildman–Crippen MR) is 115 cm³/mol. The maximum absolute atomic E-state index is 13.7. The van der Waals surface area contributed by atoms with Crippen LogP contribution in [0.15, 0.2) is 70.3 Å². The maximum atomic E-state index is 13.7. The molecule has 0 aliphatic rings. The minimum absolute atomic E-state index is 0. The molecular formula is C20H22FIN4O. The van der Waals surface area contributed by atoms with Crippen molar-refractivity contribution >= 4 is 29.9 Å². The summed E-state index contributed by atoms with van der Waals surface area (Å²) in [5.41, 5.74) is 2.25. The molecule has 0 spiro atoms. The molecule has 0 saturated heterocycles. The third-order valence-electron chi connectivity index (χ3n) is 3.72. The van der Waals surface area contributed by atoms with E-state index in [-0.39, 0.29) is 36.3 Å². The van der Waals surface area contributed by atoms with E-state index in [2.05, 4.69) is 20.6 Å². The van der Waals surface area contributed by atoms with Gasteiger partial charge in [0.2, 0.25) is 5.89 Å². The number of hydrogen-bond donors (Lipinski definition) is 2. The van der Waals surface area contributed by atoms with Crippen molar-refractivity contribution in [3.8, 4) is 11.5 Å². The van der Waals surface area contributed by atoms with Crippen LogP contribution in [-0.2, 0) is 13.1 Å². The summed E-state index contributed by atoms with van der Waals surface area (Å²) in [5, 5.41) is 6.32. The first-order valence-electron chi connectivity index (χ1n) is 8.51. The van der Waals surface area contributed by atoms with Gasteiger partial charge in [0.05, 0.1) is 18.8 Å². The van der Waals surface area contributed by atoms with Gasteiger partial charge in [0.1, 0.15) is 12.1 Å². The van der Waals surface area contributed by atoms with Gasteiger partial charge in [0.15, 0.2) is 5.96 Å². The first-order valence-corrected chi connectivity index (χ1v) is 8.51. The Morgan fingerprint density at radius 2 is 1.81 bits per heavy atom. The van der Waals surface area contributed by atoms with Crippen LogP contribution in [0.1, 0.15) is 18.2 Å². The standard InChI is InChI=1S/C20H21FN4O.HI/c1-2-22-20(23-12-16-10-6-7-11-18(16)21)24-13-17-14-26-19(25-17)15-8-4-3-5-9-15;/h3-11,14H,2,12-13H2,1H3,(H2,22,23,24);1H. The molecular weight excluding hydrogens is 458 g/mol. The lowest BCUT2D eigenvalue weighted by Crippen LogP contribution is -2.36. The minimum Gasteiger partial charge on any atom is -0.444 e. The van der Waals surface area contributed by atoms with Crippen LogP contribution in [-0.4, -0.2) is 17.5 Å². The summed E-state index contributed by atoms with van der Waals surface area (Å²) in [6, 6.07) is 16.4. The monoisotopic (exact) mass is 480 g/mol. The number of benzene rings is 2. The summed E-state index contributed by atoms with van der Waals surface area (Å²) >= 11 is 0.